The zero-order valence-electron chi connectivity index (χ0n) is 17.0. The summed E-state index contributed by atoms with van der Waals surface area (Å²) in [6.07, 6.45) is 1.66. The molecule has 3 aromatic carbocycles. The maximum absolute atomic E-state index is 12.8. The van der Waals surface area contributed by atoms with E-state index in [1.165, 1.54) is 4.70 Å². The van der Waals surface area contributed by atoms with Crippen LogP contribution in [-0.4, -0.2) is 24.0 Å². The van der Waals surface area contributed by atoms with Gasteiger partial charge in [-0.3, -0.25) is 4.79 Å². The Labute approximate surface area is 185 Å². The molecule has 1 N–H and O–H groups in total. The topological polar surface area (TPSA) is 54.5 Å². The van der Waals surface area contributed by atoms with Gasteiger partial charge in [0.1, 0.15) is 11.5 Å². The van der Waals surface area contributed by atoms with E-state index in [1.807, 2.05) is 72.8 Å². The monoisotopic (exact) mass is 429 g/mol. The van der Waals surface area contributed by atoms with Gasteiger partial charge in [-0.25, -0.2) is 4.98 Å². The fourth-order valence-corrected chi connectivity index (χ4v) is 4.82. The number of hydrogen-bond donors (Lipinski definition) is 1. The molecule has 156 valence electrons. The van der Waals surface area contributed by atoms with E-state index in [0.29, 0.717) is 0 Å². The lowest BCUT2D eigenvalue weighted by Crippen LogP contribution is -2.38. The van der Waals surface area contributed by atoms with Crippen molar-refractivity contribution in [1.29, 1.82) is 0 Å². The number of aromatic nitrogens is 1. The van der Waals surface area contributed by atoms with Crippen molar-refractivity contribution in [3.05, 3.63) is 78.9 Å². The van der Waals surface area contributed by atoms with Crippen LogP contribution in [0.1, 0.15) is 12.8 Å². The molecule has 5 rings (SSSR count). The van der Waals surface area contributed by atoms with Crippen molar-refractivity contribution in [2.75, 3.05) is 23.3 Å². The van der Waals surface area contributed by atoms with Gasteiger partial charge in [-0.15, -0.1) is 0 Å². The van der Waals surface area contributed by atoms with Gasteiger partial charge < -0.3 is 15.0 Å². The number of nitrogens with zero attached hydrogens (tertiary/aromatic N) is 2. The number of carbonyl (C=O) groups excluding carboxylic acids is 1. The van der Waals surface area contributed by atoms with Gasteiger partial charge in [-0.2, -0.15) is 0 Å². The molecule has 0 spiro atoms. The fourth-order valence-electron chi connectivity index (χ4n) is 3.80. The number of amides is 1. The molecule has 6 heteroatoms. The Morgan fingerprint density at radius 3 is 2.32 bits per heavy atom. The number of hydrogen-bond acceptors (Lipinski definition) is 5. The summed E-state index contributed by atoms with van der Waals surface area (Å²) in [5, 5.41) is 4.10. The summed E-state index contributed by atoms with van der Waals surface area (Å²) < 4.78 is 7.01. The van der Waals surface area contributed by atoms with Gasteiger partial charge in [0, 0.05) is 24.7 Å². The maximum Gasteiger partial charge on any atom is 0.227 e. The summed E-state index contributed by atoms with van der Waals surface area (Å²) in [7, 11) is 0. The molecule has 31 heavy (non-hydrogen) atoms. The number of para-hydroxylation sites is 2. The van der Waals surface area contributed by atoms with E-state index in [1.54, 1.807) is 11.3 Å². The third-order valence-corrected chi connectivity index (χ3v) is 6.62. The van der Waals surface area contributed by atoms with Crippen molar-refractivity contribution in [2.24, 2.45) is 5.92 Å². The zero-order chi connectivity index (χ0) is 21.0. The average molecular weight is 430 g/mol. The van der Waals surface area contributed by atoms with Crippen LogP contribution in [0, 0.1) is 5.92 Å². The molecule has 1 aromatic heterocycles. The molecular formula is C25H23N3O2S. The van der Waals surface area contributed by atoms with E-state index in [2.05, 4.69) is 16.3 Å². The van der Waals surface area contributed by atoms with Gasteiger partial charge in [0.15, 0.2) is 5.13 Å². The highest BCUT2D eigenvalue weighted by molar-refractivity contribution is 7.22. The minimum atomic E-state index is 0.0193. The normalized spacial score (nSPS) is 14.5. The Morgan fingerprint density at radius 1 is 0.903 bits per heavy atom. The molecule has 5 nitrogen and oxygen atoms in total. The van der Waals surface area contributed by atoms with Gasteiger partial charge in [0.25, 0.3) is 0 Å². The molecule has 4 aromatic rings. The summed E-state index contributed by atoms with van der Waals surface area (Å²) in [4.78, 5) is 19.8. The number of rotatable bonds is 5. The Hall–Kier alpha value is -3.38. The SMILES string of the molecule is O=C(Nc1ccc(Oc2ccccc2)cc1)C1CCN(c2nc3ccccc3s2)CC1. The zero-order valence-corrected chi connectivity index (χ0v) is 17.8. The minimum absolute atomic E-state index is 0.0193. The lowest BCUT2D eigenvalue weighted by Gasteiger charge is -2.31. The van der Waals surface area contributed by atoms with Crippen LogP contribution in [0.2, 0.25) is 0 Å². The Balaban J connectivity index is 1.15. The number of thiazole rings is 1. The van der Waals surface area contributed by atoms with Gasteiger partial charge >= 0.3 is 0 Å². The molecule has 0 unspecified atom stereocenters. The van der Waals surface area contributed by atoms with E-state index < -0.39 is 0 Å². The number of piperidine rings is 1. The van der Waals surface area contributed by atoms with E-state index >= 15 is 0 Å². The summed E-state index contributed by atoms with van der Waals surface area (Å²) in [5.41, 5.74) is 1.83. The van der Waals surface area contributed by atoms with Crippen LogP contribution in [0.5, 0.6) is 11.5 Å². The maximum atomic E-state index is 12.8. The fraction of sp³-hybridized carbons (Fsp3) is 0.200. The predicted octanol–water partition coefficient (Wildman–Crippen LogP) is 5.94. The van der Waals surface area contributed by atoms with Crippen molar-refractivity contribution in [3.63, 3.8) is 0 Å². The Kier molecular flexibility index (Phi) is 5.54. The molecule has 0 radical (unpaired) electrons. The van der Waals surface area contributed by atoms with E-state index in [-0.39, 0.29) is 11.8 Å². The van der Waals surface area contributed by atoms with Crippen LogP contribution in [0.3, 0.4) is 0 Å². The van der Waals surface area contributed by atoms with Crippen molar-refractivity contribution in [3.8, 4) is 11.5 Å². The van der Waals surface area contributed by atoms with E-state index in [9.17, 15) is 4.79 Å². The lowest BCUT2D eigenvalue weighted by atomic mass is 9.96. The molecular weight excluding hydrogens is 406 g/mol. The molecule has 1 saturated heterocycles. The highest BCUT2D eigenvalue weighted by atomic mass is 32.1. The largest absolute Gasteiger partial charge is 0.457 e. The van der Waals surface area contributed by atoms with Gasteiger partial charge in [-0.05, 0) is 61.4 Å². The molecule has 1 aliphatic rings. The Bertz CT molecular complexity index is 1130. The standard InChI is InChI=1S/C25H23N3O2S/c29-24(26-19-10-12-21(13-11-19)30-20-6-2-1-3-7-20)18-14-16-28(17-15-18)25-27-22-8-4-5-9-23(22)31-25/h1-13,18H,14-17H2,(H,26,29). The number of ether oxygens (including phenoxy) is 1. The molecule has 0 aliphatic carbocycles. The highest BCUT2D eigenvalue weighted by Crippen LogP contribution is 2.31. The van der Waals surface area contributed by atoms with E-state index in [0.717, 1.165) is 53.8 Å². The summed E-state index contributed by atoms with van der Waals surface area (Å²) in [6, 6.07) is 25.4. The molecule has 1 fully saturated rings. The van der Waals surface area contributed by atoms with Gasteiger partial charge in [-0.1, -0.05) is 41.7 Å². The van der Waals surface area contributed by atoms with Crippen LogP contribution in [0.25, 0.3) is 10.2 Å². The number of carbonyl (C=O) groups is 1. The van der Waals surface area contributed by atoms with Crippen molar-refractivity contribution in [1.82, 2.24) is 4.98 Å². The van der Waals surface area contributed by atoms with Crippen molar-refractivity contribution >= 4 is 38.3 Å². The number of nitrogens with one attached hydrogen (secondary N) is 1. The molecule has 1 aliphatic heterocycles. The summed E-state index contributed by atoms with van der Waals surface area (Å²) in [5.74, 6) is 1.64. The third-order valence-electron chi connectivity index (χ3n) is 5.52. The van der Waals surface area contributed by atoms with Crippen LogP contribution < -0.4 is 15.0 Å². The highest BCUT2D eigenvalue weighted by Gasteiger charge is 2.26. The second-order valence-electron chi connectivity index (χ2n) is 7.65. The second kappa shape index (κ2) is 8.78. The third kappa shape index (κ3) is 4.54. The van der Waals surface area contributed by atoms with Crippen LogP contribution in [-0.2, 0) is 4.79 Å². The van der Waals surface area contributed by atoms with Crippen LogP contribution in [0.15, 0.2) is 78.9 Å². The number of benzene rings is 3. The van der Waals surface area contributed by atoms with Crippen molar-refractivity contribution in [2.45, 2.75) is 12.8 Å². The molecule has 0 saturated carbocycles. The average Bonchev–Trinajstić information content (AvgIpc) is 3.25. The number of anilines is 2. The molecule has 1 amide bonds. The molecule has 2 heterocycles. The van der Waals surface area contributed by atoms with Crippen molar-refractivity contribution < 1.29 is 9.53 Å². The first-order chi connectivity index (χ1) is 15.2. The van der Waals surface area contributed by atoms with Crippen LogP contribution in [0.4, 0.5) is 10.8 Å². The Morgan fingerprint density at radius 2 is 1.58 bits per heavy atom. The quantitative estimate of drug-likeness (QED) is 0.426. The molecule has 0 atom stereocenters. The van der Waals surface area contributed by atoms with Crippen LogP contribution >= 0.6 is 11.3 Å². The lowest BCUT2D eigenvalue weighted by molar-refractivity contribution is -0.120. The predicted molar refractivity (Wildman–Crippen MR) is 126 cm³/mol. The first-order valence-corrected chi connectivity index (χ1v) is 11.3. The summed E-state index contributed by atoms with van der Waals surface area (Å²) in [6.45, 7) is 1.70. The van der Waals surface area contributed by atoms with Gasteiger partial charge in [0.2, 0.25) is 5.91 Å². The smallest absolute Gasteiger partial charge is 0.227 e. The summed E-state index contributed by atoms with van der Waals surface area (Å²) >= 11 is 1.72. The first-order valence-electron chi connectivity index (χ1n) is 10.5. The first kappa shape index (κ1) is 19.6. The van der Waals surface area contributed by atoms with Gasteiger partial charge in [0.05, 0.1) is 10.2 Å². The molecule has 0 bridgehead atoms. The second-order valence-corrected chi connectivity index (χ2v) is 8.66. The minimum Gasteiger partial charge on any atom is -0.457 e. The van der Waals surface area contributed by atoms with E-state index in [4.69, 9.17) is 9.72 Å². The number of fused-ring (bicyclic) bond motifs is 1.